The number of halogens is 2. The zero-order chi connectivity index (χ0) is 30.6. The van der Waals surface area contributed by atoms with Crippen LogP contribution in [0.5, 0.6) is 0 Å². The number of nitrogens with one attached hydrogen (secondary N) is 3. The number of pyridine rings is 2. The highest BCUT2D eigenvalue weighted by molar-refractivity contribution is 6.30. The minimum atomic E-state index is -0.962. The number of hydrogen-bond acceptors (Lipinski definition) is 6. The van der Waals surface area contributed by atoms with E-state index in [4.69, 9.17) is 16.3 Å². The Kier molecular flexibility index (Phi) is 9.22. The van der Waals surface area contributed by atoms with Crippen LogP contribution in [0, 0.1) is 11.7 Å². The molecule has 3 aromatic rings. The van der Waals surface area contributed by atoms with Crippen molar-refractivity contribution in [1.29, 1.82) is 0 Å². The summed E-state index contributed by atoms with van der Waals surface area (Å²) in [5.74, 6) is -0.609. The lowest BCUT2D eigenvalue weighted by Gasteiger charge is -2.36. The predicted molar refractivity (Wildman–Crippen MR) is 160 cm³/mol. The molecule has 3 N–H and O–H groups in total. The molecule has 3 atom stereocenters. The van der Waals surface area contributed by atoms with Gasteiger partial charge in [0, 0.05) is 45.6 Å². The van der Waals surface area contributed by atoms with E-state index in [1.165, 1.54) is 31.2 Å². The second-order valence-electron chi connectivity index (χ2n) is 11.0. The number of ether oxygens (including phenoxy) is 1. The summed E-state index contributed by atoms with van der Waals surface area (Å²) in [6.45, 7) is 1.61. The van der Waals surface area contributed by atoms with Crippen LogP contribution in [0.3, 0.4) is 0 Å². The standard InChI is InChI=1S/C31H34ClFN6O4/c1-19(40)38-31(12-9-20-3-4-20,21-10-13-34-14-11-21)22-5-7-25(33)26(15-22)36-29(41)27-16-24(43-2)18-39(27)30(42)37-28-8-6-23(32)17-35-28/h5-8,10-11,13-15,17,20,24,27H,3-4,9,12,16,18H2,1-2H3,(H,36,41)(H,38,40)(H,35,37,42). The van der Waals surface area contributed by atoms with Crippen LogP contribution in [0.1, 0.15) is 50.2 Å². The van der Waals surface area contributed by atoms with Crippen molar-refractivity contribution in [1.82, 2.24) is 20.2 Å². The van der Waals surface area contributed by atoms with Gasteiger partial charge in [-0.15, -0.1) is 0 Å². The third kappa shape index (κ3) is 7.11. The van der Waals surface area contributed by atoms with Crippen molar-refractivity contribution in [3.63, 3.8) is 0 Å². The first-order valence-electron chi connectivity index (χ1n) is 14.2. The smallest absolute Gasteiger partial charge is 0.323 e. The van der Waals surface area contributed by atoms with Gasteiger partial charge in [-0.1, -0.05) is 30.5 Å². The van der Waals surface area contributed by atoms with E-state index in [0.29, 0.717) is 22.9 Å². The van der Waals surface area contributed by atoms with E-state index in [1.807, 2.05) is 12.1 Å². The third-order valence-corrected chi connectivity index (χ3v) is 8.25. The molecule has 1 aromatic carbocycles. The quantitative estimate of drug-likeness (QED) is 0.294. The van der Waals surface area contributed by atoms with Crippen molar-refractivity contribution < 1.29 is 23.5 Å². The van der Waals surface area contributed by atoms with Gasteiger partial charge >= 0.3 is 6.03 Å². The maximum Gasteiger partial charge on any atom is 0.323 e. The number of likely N-dealkylation sites (tertiary alicyclic amines) is 1. The number of amides is 4. The topological polar surface area (TPSA) is 126 Å². The molecule has 4 amide bonds. The highest BCUT2D eigenvalue weighted by Gasteiger charge is 2.41. The first-order chi connectivity index (χ1) is 20.7. The van der Waals surface area contributed by atoms with Gasteiger partial charge in [0.25, 0.3) is 0 Å². The first-order valence-corrected chi connectivity index (χ1v) is 14.6. The van der Waals surface area contributed by atoms with Gasteiger partial charge in [0.05, 0.1) is 22.4 Å². The molecule has 10 nitrogen and oxygen atoms in total. The lowest BCUT2D eigenvalue weighted by Crippen LogP contribution is -2.46. The molecule has 0 spiro atoms. The molecule has 1 aliphatic carbocycles. The summed E-state index contributed by atoms with van der Waals surface area (Å²) in [7, 11) is 1.51. The van der Waals surface area contributed by atoms with Crippen molar-refractivity contribution in [2.75, 3.05) is 24.3 Å². The summed E-state index contributed by atoms with van der Waals surface area (Å²) in [5.41, 5.74) is 0.407. The second kappa shape index (κ2) is 13.0. The fraction of sp³-hybridized carbons (Fsp3) is 0.387. The predicted octanol–water partition coefficient (Wildman–Crippen LogP) is 5.10. The molecule has 0 radical (unpaired) electrons. The molecule has 1 saturated heterocycles. The number of methoxy groups -OCH3 is 1. The second-order valence-corrected chi connectivity index (χ2v) is 11.5. The van der Waals surface area contributed by atoms with E-state index in [-0.39, 0.29) is 30.4 Å². The van der Waals surface area contributed by atoms with Crippen molar-refractivity contribution in [2.45, 2.75) is 56.7 Å². The summed E-state index contributed by atoms with van der Waals surface area (Å²) in [6, 6.07) is 9.78. The van der Waals surface area contributed by atoms with Crippen LogP contribution in [0.2, 0.25) is 5.02 Å². The van der Waals surface area contributed by atoms with Gasteiger partial charge < -0.3 is 20.3 Å². The van der Waals surface area contributed by atoms with Crippen LogP contribution >= 0.6 is 11.6 Å². The molecule has 2 aromatic heterocycles. The van der Waals surface area contributed by atoms with Crippen LogP contribution < -0.4 is 16.0 Å². The Morgan fingerprint density at radius 1 is 1.09 bits per heavy atom. The molecule has 3 heterocycles. The summed E-state index contributed by atoms with van der Waals surface area (Å²) in [6.07, 6.45) is 8.27. The summed E-state index contributed by atoms with van der Waals surface area (Å²) in [4.78, 5) is 48.9. The SMILES string of the molecule is COC1CC(C(=O)Nc2cc(C(CCC3CC3)(NC(C)=O)c3ccncc3)ccc2F)N(C(=O)Nc2ccc(Cl)cn2)C1. The Balaban J connectivity index is 1.42. The number of nitrogens with zero attached hydrogens (tertiary/aromatic N) is 3. The van der Waals surface area contributed by atoms with Crippen molar-refractivity contribution in [3.8, 4) is 0 Å². The molecule has 0 bridgehead atoms. The Morgan fingerprint density at radius 3 is 2.51 bits per heavy atom. The molecule has 3 unspecified atom stereocenters. The van der Waals surface area contributed by atoms with Gasteiger partial charge in [-0.3, -0.25) is 19.9 Å². The van der Waals surface area contributed by atoms with Crippen molar-refractivity contribution >= 4 is 41.0 Å². The zero-order valence-electron chi connectivity index (χ0n) is 24.0. The Bertz CT molecular complexity index is 1470. The highest BCUT2D eigenvalue weighted by Crippen LogP contribution is 2.42. The molecule has 2 fully saturated rings. The molecule has 12 heteroatoms. The molecule has 1 aliphatic heterocycles. The number of rotatable bonds is 10. The first kappa shape index (κ1) is 30.4. The molecule has 1 saturated carbocycles. The van der Waals surface area contributed by atoms with E-state index in [9.17, 15) is 14.4 Å². The molecular weight excluding hydrogens is 575 g/mol. The summed E-state index contributed by atoms with van der Waals surface area (Å²) in [5, 5.41) is 8.92. The van der Waals surface area contributed by atoms with Gasteiger partial charge in [0.1, 0.15) is 17.7 Å². The zero-order valence-corrected chi connectivity index (χ0v) is 24.7. The van der Waals surface area contributed by atoms with E-state index in [1.54, 1.807) is 36.7 Å². The maximum absolute atomic E-state index is 15.3. The monoisotopic (exact) mass is 608 g/mol. The van der Waals surface area contributed by atoms with Gasteiger partial charge in [0.2, 0.25) is 11.8 Å². The Morgan fingerprint density at radius 2 is 1.86 bits per heavy atom. The summed E-state index contributed by atoms with van der Waals surface area (Å²) < 4.78 is 20.7. The maximum atomic E-state index is 15.3. The van der Waals surface area contributed by atoms with Crippen LogP contribution in [0.15, 0.2) is 61.1 Å². The number of aromatic nitrogens is 2. The molecule has 226 valence electrons. The number of carbonyl (C=O) groups excluding carboxylic acids is 3. The Hall–Kier alpha value is -4.09. The number of hydrogen-bond donors (Lipinski definition) is 3. The summed E-state index contributed by atoms with van der Waals surface area (Å²) >= 11 is 5.89. The van der Waals surface area contributed by atoms with Crippen LogP contribution in [-0.2, 0) is 19.9 Å². The number of anilines is 2. The molecular formula is C31H34ClFN6O4. The molecule has 5 rings (SSSR count). The molecule has 43 heavy (non-hydrogen) atoms. The lowest BCUT2D eigenvalue weighted by molar-refractivity contribution is -0.121. The van der Waals surface area contributed by atoms with Crippen LogP contribution in [0.25, 0.3) is 0 Å². The fourth-order valence-electron chi connectivity index (χ4n) is 5.60. The minimum Gasteiger partial charge on any atom is -0.380 e. The fourth-order valence-corrected chi connectivity index (χ4v) is 5.71. The van der Waals surface area contributed by atoms with Gasteiger partial charge in [-0.25, -0.2) is 14.2 Å². The van der Waals surface area contributed by atoms with E-state index < -0.39 is 35.4 Å². The largest absolute Gasteiger partial charge is 0.380 e. The number of urea groups is 1. The van der Waals surface area contributed by atoms with Crippen LogP contribution in [0.4, 0.5) is 20.7 Å². The van der Waals surface area contributed by atoms with Crippen LogP contribution in [-0.4, -0.2) is 58.5 Å². The highest BCUT2D eigenvalue weighted by atomic mass is 35.5. The Labute approximate surface area is 254 Å². The molecule has 2 aliphatic rings. The van der Waals surface area contributed by atoms with E-state index in [0.717, 1.165) is 24.8 Å². The minimum absolute atomic E-state index is 0.0571. The number of carbonyl (C=O) groups is 3. The normalized spacial score (nSPS) is 19.4. The average Bonchev–Trinajstić information content (AvgIpc) is 3.73. The van der Waals surface area contributed by atoms with E-state index in [2.05, 4.69) is 25.9 Å². The van der Waals surface area contributed by atoms with Crippen molar-refractivity contribution in [2.24, 2.45) is 5.92 Å². The lowest BCUT2D eigenvalue weighted by atomic mass is 9.78. The van der Waals surface area contributed by atoms with Gasteiger partial charge in [-0.05, 0) is 66.3 Å². The van der Waals surface area contributed by atoms with Gasteiger partial charge in [-0.2, -0.15) is 0 Å². The third-order valence-electron chi connectivity index (χ3n) is 8.03. The van der Waals surface area contributed by atoms with E-state index >= 15 is 4.39 Å². The average molecular weight is 609 g/mol. The number of benzene rings is 1. The van der Waals surface area contributed by atoms with Gasteiger partial charge in [0.15, 0.2) is 0 Å². The van der Waals surface area contributed by atoms with Crippen molar-refractivity contribution in [3.05, 3.63) is 83.0 Å².